The van der Waals surface area contributed by atoms with E-state index in [0.717, 1.165) is 18.2 Å². The molecule has 0 aliphatic carbocycles. The Labute approximate surface area is 249 Å². The molecule has 0 bridgehead atoms. The maximum absolute atomic E-state index is 11.4. The normalized spacial score (nSPS) is 10.5. The van der Waals surface area contributed by atoms with Gasteiger partial charge >= 0.3 is 64.5 Å². The molecule has 0 radical (unpaired) electrons. The average Bonchev–Trinajstić information content (AvgIpc) is 2.80. The average molecular weight is 581 g/mol. The summed E-state index contributed by atoms with van der Waals surface area (Å²) >= 11 is 0. The predicted octanol–water partition coefficient (Wildman–Crippen LogP) is -5.53. The molecule has 0 atom stereocenters. The summed E-state index contributed by atoms with van der Waals surface area (Å²) in [6.45, 7) is -1.33. The summed E-state index contributed by atoms with van der Waals surface area (Å²) in [5, 5.41) is 27.6. The second-order valence-corrected chi connectivity index (χ2v) is 8.95. The van der Waals surface area contributed by atoms with E-state index in [9.17, 15) is 45.4 Å². The van der Waals surface area contributed by atoms with Crippen LogP contribution in [-0.2, 0) is 29.7 Å². The third kappa shape index (κ3) is 13.1. The molecule has 0 unspecified atom stereocenters. The number of aromatic carboxylic acids is 1. The summed E-state index contributed by atoms with van der Waals surface area (Å²) in [6, 6.07) is 6.68. The second kappa shape index (κ2) is 17.0. The van der Waals surface area contributed by atoms with Crippen molar-refractivity contribution in [1.29, 1.82) is 0 Å². The maximum atomic E-state index is 11.4. The Morgan fingerprint density at radius 3 is 1.59 bits per heavy atom. The van der Waals surface area contributed by atoms with Crippen LogP contribution in [0.3, 0.4) is 0 Å². The van der Waals surface area contributed by atoms with Crippen LogP contribution in [0.1, 0.15) is 31.1 Å². The number of rotatable bonds is 9. The van der Waals surface area contributed by atoms with Gasteiger partial charge < -0.3 is 38.7 Å². The summed E-state index contributed by atoms with van der Waals surface area (Å²) in [6.07, 6.45) is 0. The topological polar surface area (TPSA) is 248 Å². The predicted molar refractivity (Wildman–Crippen MR) is 114 cm³/mol. The van der Waals surface area contributed by atoms with E-state index in [1.54, 1.807) is 0 Å². The molecule has 0 fully saturated rings. The molecule has 0 aliphatic rings. The fraction of sp³-hybridized carbons (Fsp3) is 0.211. The summed E-state index contributed by atoms with van der Waals surface area (Å²) in [5.74, 6) is -3.61. The van der Waals surface area contributed by atoms with Gasteiger partial charge in [-0.05, 0) is 42.0 Å². The molecule has 2 rings (SSSR count). The van der Waals surface area contributed by atoms with Crippen molar-refractivity contribution in [2.45, 2.75) is 9.79 Å². The van der Waals surface area contributed by atoms with Gasteiger partial charge in [-0.3, -0.25) is 0 Å². The first-order chi connectivity index (χ1) is 16.2. The van der Waals surface area contributed by atoms with Crippen LogP contribution in [0.15, 0.2) is 52.3 Å². The maximum Gasteiger partial charge on any atom is 2.00 e. The van der Waals surface area contributed by atoms with Crippen molar-refractivity contribution in [2.24, 2.45) is 0 Å². The third-order valence-electron chi connectivity index (χ3n) is 3.67. The Morgan fingerprint density at radius 1 is 0.730 bits per heavy atom. The number of carbonyl (C=O) groups excluding carboxylic acids is 3. The summed E-state index contributed by atoms with van der Waals surface area (Å²) < 4.78 is 73.6. The minimum absolute atomic E-state index is 0. The smallest absolute Gasteiger partial charge is 0.744 e. The first-order valence-electron chi connectivity index (χ1n) is 9.15. The van der Waals surface area contributed by atoms with E-state index in [2.05, 4.69) is 9.47 Å². The van der Waals surface area contributed by atoms with Crippen LogP contribution in [0.25, 0.3) is 0 Å². The molecule has 0 aromatic heterocycles. The van der Waals surface area contributed by atoms with Crippen LogP contribution < -0.4 is 34.7 Å². The van der Waals surface area contributed by atoms with E-state index in [0.29, 0.717) is 12.1 Å². The molecule has 0 spiro atoms. The molecular weight excluding hydrogens is 564 g/mol. The molecule has 0 saturated heterocycles. The number of carboxylic acid groups (broad SMARTS) is 1. The largest absolute Gasteiger partial charge is 2.00 e. The minimum atomic E-state index is -4.93. The van der Waals surface area contributed by atoms with Gasteiger partial charge in [0.15, 0.2) is 0 Å². The Bertz CT molecular complexity index is 1300. The number of hydrogen-bond donors (Lipinski definition) is 2. The fourth-order valence-corrected chi connectivity index (χ4v) is 3.26. The van der Waals surface area contributed by atoms with Gasteiger partial charge in [0.05, 0.1) is 40.1 Å². The van der Waals surface area contributed by atoms with Gasteiger partial charge in [0, 0.05) is 0 Å². The zero-order chi connectivity index (χ0) is 26.8. The second-order valence-electron chi connectivity index (χ2n) is 6.19. The summed E-state index contributed by atoms with van der Waals surface area (Å²) in [5.41, 5.74) is -1.14. The fourth-order valence-electron chi connectivity index (χ4n) is 2.20. The Morgan fingerprint density at radius 2 is 1.16 bits per heavy atom. The number of aliphatic hydroxyl groups is 2. The number of hydrogen-bond acceptors (Lipinski definition) is 14. The van der Waals surface area contributed by atoms with Gasteiger partial charge in [-0.1, -0.05) is 6.07 Å². The van der Waals surface area contributed by atoms with Gasteiger partial charge in [0.1, 0.15) is 33.5 Å². The van der Waals surface area contributed by atoms with Crippen molar-refractivity contribution in [3.05, 3.63) is 59.2 Å². The monoisotopic (exact) mass is 580 g/mol. The van der Waals surface area contributed by atoms with Crippen LogP contribution in [0.5, 0.6) is 0 Å². The van der Waals surface area contributed by atoms with Crippen molar-refractivity contribution >= 4 is 61.2 Å². The van der Waals surface area contributed by atoms with Gasteiger partial charge in [-0.15, -0.1) is 0 Å². The molecule has 0 aliphatic heterocycles. The molecule has 37 heavy (non-hydrogen) atoms. The molecule has 14 nitrogen and oxygen atoms in total. The molecule has 2 aromatic rings. The van der Waals surface area contributed by atoms with Crippen LogP contribution in [-0.4, -0.2) is 104 Å². The molecule has 2 aromatic carbocycles. The van der Waals surface area contributed by atoms with Gasteiger partial charge in [0.25, 0.3) is 0 Å². The zero-order valence-corrected chi connectivity index (χ0v) is 24.2. The number of ether oxygens (including phenoxy) is 2. The molecule has 2 N–H and O–H groups in total. The van der Waals surface area contributed by atoms with E-state index in [1.165, 1.54) is 12.1 Å². The Hall–Kier alpha value is -1.64. The molecule has 0 amide bonds. The third-order valence-corrected chi connectivity index (χ3v) is 5.32. The van der Waals surface area contributed by atoms with Gasteiger partial charge in [0.2, 0.25) is 0 Å². The molecule has 192 valence electrons. The van der Waals surface area contributed by atoms with Crippen LogP contribution >= 0.6 is 0 Å². The van der Waals surface area contributed by atoms with Crippen molar-refractivity contribution in [3.63, 3.8) is 0 Å². The summed E-state index contributed by atoms with van der Waals surface area (Å²) in [4.78, 5) is 32.0. The number of benzene rings is 2. The van der Waals surface area contributed by atoms with Crippen LogP contribution in [0.2, 0.25) is 0 Å². The zero-order valence-electron chi connectivity index (χ0n) is 19.2. The number of aliphatic hydroxyl groups excluding tert-OH is 2. The van der Waals surface area contributed by atoms with Crippen molar-refractivity contribution in [3.8, 4) is 0 Å². The molecule has 18 heteroatoms. The minimum Gasteiger partial charge on any atom is -0.744 e. The van der Waals surface area contributed by atoms with E-state index < -0.39 is 65.7 Å². The summed E-state index contributed by atoms with van der Waals surface area (Å²) in [7, 11) is -9.52. The van der Waals surface area contributed by atoms with Gasteiger partial charge in [-0.2, -0.15) is 0 Å². The molecular formula is C19H17MgNaO14S2. The first kappa shape index (κ1) is 37.5. The van der Waals surface area contributed by atoms with Crippen molar-refractivity contribution in [2.75, 3.05) is 26.4 Å². The van der Waals surface area contributed by atoms with Gasteiger partial charge in [-0.25, -0.2) is 26.4 Å². The number of carbonyl (C=O) groups is 3. The van der Waals surface area contributed by atoms with E-state index in [4.69, 9.17) is 10.2 Å². The standard InChI is InChI=1S/C10H10O8S.C9H10O6S.Mg.Na/c11-1-2-18-10(14)7-3-6(9(12)13)4-8(5-7)19(15,16)17;10-4-5-15-9(11)7-2-1-3-8(6-7)16(12,13)14;;/h3-5,11H,1-2H2,(H,12,13)(H,15,16,17);1-3,6,10H,4-5H2,(H,12,13,14);;/q;;+2;+1/p-3. The van der Waals surface area contributed by atoms with Crippen LogP contribution in [0, 0.1) is 0 Å². The molecule has 0 saturated carbocycles. The van der Waals surface area contributed by atoms with E-state index >= 15 is 0 Å². The number of carboxylic acids is 1. The quantitative estimate of drug-likeness (QED) is 0.159. The Kier molecular flexibility index (Phi) is 17.3. The first-order valence-corrected chi connectivity index (χ1v) is 12.0. The van der Waals surface area contributed by atoms with Crippen molar-refractivity contribution < 1.29 is 94.7 Å². The number of esters is 2. The van der Waals surface area contributed by atoms with Crippen molar-refractivity contribution in [1.82, 2.24) is 0 Å². The SMILES string of the molecule is O=C(OCCO)c1cccc(S(=O)(=O)[O-])c1.O=C([O-])c1cc(C(=O)OCCO)cc(S(=O)(=O)[O-])c1.[Mg+2].[Na+]. The van der Waals surface area contributed by atoms with E-state index in [-0.39, 0.29) is 78.0 Å². The molecule has 0 heterocycles. The van der Waals surface area contributed by atoms with E-state index in [1.807, 2.05) is 0 Å². The van der Waals surface area contributed by atoms with Crippen LogP contribution in [0.4, 0.5) is 0 Å². The Balaban J connectivity index is 0.